The quantitative estimate of drug-likeness (QED) is 0.341. The molecule has 0 amide bonds. The maximum Gasteiger partial charge on any atom is 0.173 e. The number of ether oxygens (including phenoxy) is 1. The molecule has 1 aromatic rings. The summed E-state index contributed by atoms with van der Waals surface area (Å²) in [6.45, 7) is 6.00. The molecule has 6 heteroatoms. The van der Waals surface area contributed by atoms with Crippen molar-refractivity contribution in [2.45, 2.75) is 13.8 Å². The second-order valence-corrected chi connectivity index (χ2v) is 3.88. The van der Waals surface area contributed by atoms with Gasteiger partial charge in [0.05, 0.1) is 12.2 Å². The van der Waals surface area contributed by atoms with Crippen LogP contribution in [0.5, 0.6) is 0 Å². The van der Waals surface area contributed by atoms with Crippen molar-refractivity contribution in [3.63, 3.8) is 0 Å². The summed E-state index contributed by atoms with van der Waals surface area (Å²) in [7, 11) is 1.65. The maximum atomic E-state index is 8.80. The van der Waals surface area contributed by atoms with E-state index in [1.165, 1.54) is 0 Å². The van der Waals surface area contributed by atoms with Crippen LogP contribution in [0, 0.1) is 6.92 Å². The highest BCUT2D eigenvalue weighted by molar-refractivity contribution is 6.01. The minimum atomic E-state index is 0.0633. The molecule has 0 unspecified atom stereocenters. The summed E-state index contributed by atoms with van der Waals surface area (Å²) in [5.74, 6) is 0.776. The molecule has 18 heavy (non-hydrogen) atoms. The second-order valence-electron chi connectivity index (χ2n) is 3.88. The summed E-state index contributed by atoms with van der Waals surface area (Å²) in [5.41, 5.74) is 7.18. The lowest BCUT2D eigenvalue weighted by molar-refractivity contribution is 0.205. The lowest BCUT2D eigenvalue weighted by atomic mass is 10.2. The molecule has 0 saturated heterocycles. The Kier molecular flexibility index (Phi) is 5.38. The zero-order chi connectivity index (χ0) is 13.5. The topological polar surface area (TPSA) is 84.0 Å². The Labute approximate surface area is 107 Å². The van der Waals surface area contributed by atoms with E-state index in [4.69, 9.17) is 15.7 Å². The molecule has 0 spiro atoms. The molecule has 0 aliphatic rings. The Bertz CT molecular complexity index is 421. The fourth-order valence-electron chi connectivity index (χ4n) is 1.65. The van der Waals surface area contributed by atoms with Gasteiger partial charge in [0.15, 0.2) is 5.84 Å². The molecule has 0 bridgehead atoms. The predicted octanol–water partition coefficient (Wildman–Crippen LogP) is 0.957. The predicted molar refractivity (Wildman–Crippen MR) is 71.2 cm³/mol. The second kappa shape index (κ2) is 6.80. The average molecular weight is 252 g/mol. The Balaban J connectivity index is 3.13. The van der Waals surface area contributed by atoms with E-state index in [1.54, 1.807) is 7.11 Å². The highest BCUT2D eigenvalue weighted by Crippen LogP contribution is 2.18. The van der Waals surface area contributed by atoms with Crippen molar-refractivity contribution in [3.05, 3.63) is 23.4 Å². The largest absolute Gasteiger partial charge is 0.409 e. The first kappa shape index (κ1) is 14.2. The van der Waals surface area contributed by atoms with Crippen LogP contribution in [0.2, 0.25) is 0 Å². The van der Waals surface area contributed by atoms with Crippen LogP contribution in [0.25, 0.3) is 0 Å². The van der Waals surface area contributed by atoms with Gasteiger partial charge in [-0.25, -0.2) is 4.98 Å². The minimum Gasteiger partial charge on any atom is -0.409 e. The first-order chi connectivity index (χ1) is 8.63. The first-order valence-electron chi connectivity index (χ1n) is 5.83. The summed E-state index contributed by atoms with van der Waals surface area (Å²) >= 11 is 0. The molecule has 0 saturated carbocycles. The van der Waals surface area contributed by atoms with E-state index in [9.17, 15) is 0 Å². The lowest BCUT2D eigenvalue weighted by Gasteiger charge is -2.24. The molecule has 0 fully saturated rings. The molecule has 0 aliphatic heterocycles. The summed E-state index contributed by atoms with van der Waals surface area (Å²) in [4.78, 5) is 6.50. The Morgan fingerprint density at radius 1 is 1.56 bits per heavy atom. The minimum absolute atomic E-state index is 0.0633. The van der Waals surface area contributed by atoms with Crippen LogP contribution < -0.4 is 10.6 Å². The number of pyridine rings is 1. The van der Waals surface area contributed by atoms with Crippen molar-refractivity contribution in [1.29, 1.82) is 0 Å². The SMILES string of the molecule is CCN(CCOC)c1nc(C)ccc1C(N)=NO. The Morgan fingerprint density at radius 3 is 2.83 bits per heavy atom. The third-order valence-electron chi connectivity index (χ3n) is 2.64. The number of nitrogens with two attached hydrogens (primary N) is 1. The Hall–Kier alpha value is -1.82. The van der Waals surface area contributed by atoms with E-state index in [1.807, 2.05) is 30.9 Å². The standard InChI is InChI=1S/C12H20N4O2/c1-4-16(7-8-18-3)12-10(11(13)15-17)6-5-9(2)14-12/h5-6,17H,4,7-8H2,1-3H3,(H2,13,15). The van der Waals surface area contributed by atoms with Crippen molar-refractivity contribution in [3.8, 4) is 0 Å². The van der Waals surface area contributed by atoms with E-state index < -0.39 is 0 Å². The average Bonchev–Trinajstić information content (AvgIpc) is 2.39. The van der Waals surface area contributed by atoms with Crippen LogP contribution in [0.4, 0.5) is 5.82 Å². The van der Waals surface area contributed by atoms with Crippen LogP contribution in [-0.4, -0.2) is 42.8 Å². The molecule has 0 aliphatic carbocycles. The third-order valence-corrected chi connectivity index (χ3v) is 2.64. The third kappa shape index (κ3) is 3.33. The van der Waals surface area contributed by atoms with Crippen molar-refractivity contribution < 1.29 is 9.94 Å². The van der Waals surface area contributed by atoms with Crippen LogP contribution in [0.15, 0.2) is 17.3 Å². The number of aromatic nitrogens is 1. The van der Waals surface area contributed by atoms with Crippen LogP contribution in [-0.2, 0) is 4.74 Å². The van der Waals surface area contributed by atoms with Gasteiger partial charge >= 0.3 is 0 Å². The van der Waals surface area contributed by atoms with Gasteiger partial charge < -0.3 is 20.6 Å². The number of rotatable bonds is 6. The maximum absolute atomic E-state index is 8.80. The first-order valence-corrected chi connectivity index (χ1v) is 5.83. The number of aryl methyl sites for hydroxylation is 1. The molecular formula is C12H20N4O2. The number of likely N-dealkylation sites (N-methyl/N-ethyl adjacent to an activating group) is 1. The zero-order valence-corrected chi connectivity index (χ0v) is 11.1. The van der Waals surface area contributed by atoms with E-state index in [0.29, 0.717) is 24.5 Å². The highest BCUT2D eigenvalue weighted by Gasteiger charge is 2.14. The van der Waals surface area contributed by atoms with Crippen molar-refractivity contribution in [2.75, 3.05) is 31.7 Å². The Morgan fingerprint density at radius 2 is 2.28 bits per heavy atom. The molecule has 100 valence electrons. The number of nitrogens with zero attached hydrogens (tertiary/aromatic N) is 3. The lowest BCUT2D eigenvalue weighted by Crippen LogP contribution is -2.30. The van der Waals surface area contributed by atoms with Crippen molar-refractivity contribution >= 4 is 11.7 Å². The van der Waals surface area contributed by atoms with Crippen LogP contribution >= 0.6 is 0 Å². The number of amidine groups is 1. The normalized spacial score (nSPS) is 11.6. The van der Waals surface area contributed by atoms with Gasteiger partial charge in [-0.05, 0) is 26.0 Å². The van der Waals surface area contributed by atoms with E-state index in [2.05, 4.69) is 10.1 Å². The summed E-state index contributed by atoms with van der Waals surface area (Å²) < 4.78 is 5.07. The van der Waals surface area contributed by atoms with Gasteiger partial charge in [-0.2, -0.15) is 0 Å². The van der Waals surface area contributed by atoms with Gasteiger partial charge in [0, 0.05) is 25.9 Å². The number of anilines is 1. The highest BCUT2D eigenvalue weighted by atomic mass is 16.5. The van der Waals surface area contributed by atoms with Crippen LogP contribution in [0.3, 0.4) is 0 Å². The number of hydrogen-bond donors (Lipinski definition) is 2. The molecule has 1 aromatic heterocycles. The zero-order valence-electron chi connectivity index (χ0n) is 11.1. The molecular weight excluding hydrogens is 232 g/mol. The molecule has 0 atom stereocenters. The van der Waals surface area contributed by atoms with E-state index >= 15 is 0 Å². The van der Waals surface area contributed by atoms with Gasteiger partial charge in [-0.3, -0.25) is 0 Å². The molecule has 1 rings (SSSR count). The van der Waals surface area contributed by atoms with Crippen LogP contribution in [0.1, 0.15) is 18.2 Å². The van der Waals surface area contributed by atoms with Gasteiger partial charge in [0.1, 0.15) is 5.82 Å². The number of methoxy groups -OCH3 is 1. The van der Waals surface area contributed by atoms with Crippen molar-refractivity contribution in [1.82, 2.24) is 4.98 Å². The van der Waals surface area contributed by atoms with Crippen molar-refractivity contribution in [2.24, 2.45) is 10.9 Å². The fourth-order valence-corrected chi connectivity index (χ4v) is 1.65. The van der Waals surface area contributed by atoms with Gasteiger partial charge in [-0.1, -0.05) is 5.16 Å². The molecule has 1 heterocycles. The van der Waals surface area contributed by atoms with E-state index in [-0.39, 0.29) is 5.84 Å². The van der Waals surface area contributed by atoms with Gasteiger partial charge in [-0.15, -0.1) is 0 Å². The molecule has 0 aromatic carbocycles. The van der Waals surface area contributed by atoms with Gasteiger partial charge in [0.2, 0.25) is 0 Å². The molecule has 0 radical (unpaired) electrons. The van der Waals surface area contributed by atoms with Gasteiger partial charge in [0.25, 0.3) is 0 Å². The smallest absolute Gasteiger partial charge is 0.173 e. The molecule has 3 N–H and O–H groups in total. The summed E-state index contributed by atoms with van der Waals surface area (Å²) in [5, 5.41) is 11.8. The number of hydrogen-bond acceptors (Lipinski definition) is 5. The monoisotopic (exact) mass is 252 g/mol. The summed E-state index contributed by atoms with van der Waals surface area (Å²) in [6, 6.07) is 3.64. The fraction of sp³-hybridized carbons (Fsp3) is 0.500. The molecule has 6 nitrogen and oxygen atoms in total. The number of oxime groups is 1. The van der Waals surface area contributed by atoms with E-state index in [0.717, 1.165) is 12.2 Å². The summed E-state index contributed by atoms with van der Waals surface area (Å²) in [6.07, 6.45) is 0.